The minimum Gasteiger partial charge on any atom is -0.497 e. The molecule has 0 aliphatic heterocycles. The summed E-state index contributed by atoms with van der Waals surface area (Å²) >= 11 is 0. The van der Waals surface area contributed by atoms with Crippen molar-refractivity contribution >= 4 is 33.1 Å². The van der Waals surface area contributed by atoms with E-state index < -0.39 is 16.0 Å². The first-order chi connectivity index (χ1) is 11.9. The van der Waals surface area contributed by atoms with Crippen LogP contribution in [0, 0.1) is 0 Å². The molecule has 8 heteroatoms. The molecule has 0 bridgehead atoms. The molecule has 1 aromatic carbocycles. The fraction of sp³-hybridized carbons (Fsp3) is 0.0588. The van der Waals surface area contributed by atoms with Crippen LogP contribution in [0.2, 0.25) is 0 Å². The van der Waals surface area contributed by atoms with E-state index in [0.717, 1.165) is 10.0 Å². The van der Waals surface area contributed by atoms with Gasteiger partial charge in [0, 0.05) is 23.9 Å². The summed E-state index contributed by atoms with van der Waals surface area (Å²) in [5, 5.41) is 9.25. The van der Waals surface area contributed by atoms with Crippen LogP contribution in [0.15, 0.2) is 59.8 Å². The highest BCUT2D eigenvalue weighted by molar-refractivity contribution is 7.90. The van der Waals surface area contributed by atoms with Crippen molar-refractivity contribution in [2.24, 2.45) is 0 Å². The average Bonchev–Trinajstić information content (AvgIpc) is 3.04. The molecule has 7 nitrogen and oxygen atoms in total. The Labute approximate surface area is 143 Å². The Morgan fingerprint density at radius 3 is 2.60 bits per heavy atom. The highest BCUT2D eigenvalue weighted by atomic mass is 32.2. The third-order valence-corrected chi connectivity index (χ3v) is 5.23. The predicted molar refractivity (Wildman–Crippen MR) is 92.0 cm³/mol. The van der Waals surface area contributed by atoms with Gasteiger partial charge in [-0.2, -0.15) is 0 Å². The lowest BCUT2D eigenvalue weighted by Gasteiger charge is -2.08. The normalized spacial score (nSPS) is 11.9. The van der Waals surface area contributed by atoms with Crippen molar-refractivity contribution < 1.29 is 23.1 Å². The maximum atomic E-state index is 12.8. The molecule has 0 atom stereocenters. The van der Waals surface area contributed by atoms with Gasteiger partial charge < -0.3 is 9.84 Å². The van der Waals surface area contributed by atoms with Gasteiger partial charge in [-0.1, -0.05) is 0 Å². The zero-order valence-electron chi connectivity index (χ0n) is 13.2. The van der Waals surface area contributed by atoms with Gasteiger partial charge >= 0.3 is 5.97 Å². The smallest absolute Gasteiger partial charge is 0.328 e. The van der Waals surface area contributed by atoms with E-state index >= 15 is 0 Å². The van der Waals surface area contributed by atoms with Gasteiger partial charge in [0.05, 0.1) is 12.0 Å². The minimum absolute atomic E-state index is 0.113. The third-order valence-electron chi connectivity index (χ3n) is 3.55. The SMILES string of the molecule is COc1ccc(S(=O)(=O)n2ccc3cc(/C=C/C(=O)O)cnc32)cc1. The van der Waals surface area contributed by atoms with Gasteiger partial charge in [-0.05, 0) is 48.0 Å². The molecule has 0 aliphatic rings. The Hall–Kier alpha value is -3.13. The summed E-state index contributed by atoms with van der Waals surface area (Å²) < 4.78 is 31.7. The van der Waals surface area contributed by atoms with Crippen molar-refractivity contribution in [3.8, 4) is 5.75 Å². The Balaban J connectivity index is 2.04. The van der Waals surface area contributed by atoms with Gasteiger partial charge in [-0.15, -0.1) is 0 Å². The molecule has 0 radical (unpaired) electrons. The molecular weight excluding hydrogens is 344 g/mol. The molecule has 2 aromatic heterocycles. The molecule has 0 amide bonds. The van der Waals surface area contributed by atoms with Crippen LogP contribution in [0.5, 0.6) is 5.75 Å². The molecule has 128 valence electrons. The number of aromatic nitrogens is 2. The number of aliphatic carboxylic acids is 1. The zero-order valence-corrected chi connectivity index (χ0v) is 14.0. The molecule has 3 aromatic rings. The highest BCUT2D eigenvalue weighted by Crippen LogP contribution is 2.23. The summed E-state index contributed by atoms with van der Waals surface area (Å²) in [6, 6.07) is 9.35. The maximum absolute atomic E-state index is 12.8. The molecule has 2 heterocycles. The summed E-state index contributed by atoms with van der Waals surface area (Å²) in [7, 11) is -2.30. The van der Waals surface area contributed by atoms with Gasteiger partial charge in [0.2, 0.25) is 0 Å². The van der Waals surface area contributed by atoms with E-state index in [1.165, 1.54) is 37.7 Å². The summed E-state index contributed by atoms with van der Waals surface area (Å²) in [5.41, 5.74) is 0.831. The molecule has 1 N–H and O–H groups in total. The highest BCUT2D eigenvalue weighted by Gasteiger charge is 2.19. The first-order valence-electron chi connectivity index (χ1n) is 7.19. The van der Waals surface area contributed by atoms with E-state index in [4.69, 9.17) is 9.84 Å². The van der Waals surface area contributed by atoms with Crippen LogP contribution in [0.1, 0.15) is 5.56 Å². The lowest BCUT2D eigenvalue weighted by Crippen LogP contribution is -2.12. The molecule has 0 spiro atoms. The van der Waals surface area contributed by atoms with Crippen LogP contribution in [0.25, 0.3) is 17.1 Å². The first-order valence-corrected chi connectivity index (χ1v) is 8.63. The lowest BCUT2D eigenvalue weighted by molar-refractivity contribution is -0.131. The molecule has 0 aliphatic carbocycles. The number of fused-ring (bicyclic) bond motifs is 1. The topological polar surface area (TPSA) is 98.5 Å². The summed E-state index contributed by atoms with van der Waals surface area (Å²) in [5.74, 6) is -0.510. The second-order valence-electron chi connectivity index (χ2n) is 5.15. The number of carboxylic acid groups (broad SMARTS) is 1. The zero-order chi connectivity index (χ0) is 18.0. The van der Waals surface area contributed by atoms with Crippen molar-refractivity contribution in [2.75, 3.05) is 7.11 Å². The number of hydrogen-bond acceptors (Lipinski definition) is 5. The van der Waals surface area contributed by atoms with Crippen LogP contribution < -0.4 is 4.74 Å². The number of nitrogens with zero attached hydrogens (tertiary/aromatic N) is 2. The third kappa shape index (κ3) is 3.24. The monoisotopic (exact) mass is 358 g/mol. The van der Waals surface area contributed by atoms with Crippen LogP contribution >= 0.6 is 0 Å². The van der Waals surface area contributed by atoms with Crippen LogP contribution in [0.3, 0.4) is 0 Å². The number of methoxy groups -OCH3 is 1. The average molecular weight is 358 g/mol. The van der Waals surface area contributed by atoms with Crippen molar-refractivity contribution in [1.82, 2.24) is 8.96 Å². The fourth-order valence-corrected chi connectivity index (χ4v) is 3.64. The molecule has 0 saturated heterocycles. The predicted octanol–water partition coefficient (Wildman–Crippen LogP) is 2.38. The Morgan fingerprint density at radius 2 is 1.96 bits per heavy atom. The summed E-state index contributed by atoms with van der Waals surface area (Å²) in [4.78, 5) is 14.8. The van der Waals surface area contributed by atoms with Crippen LogP contribution in [-0.2, 0) is 14.8 Å². The molecular formula is C17H14N2O5S. The first kappa shape index (κ1) is 16.7. The van der Waals surface area contributed by atoms with Crippen LogP contribution in [0.4, 0.5) is 0 Å². The van der Waals surface area contributed by atoms with E-state index in [1.807, 2.05) is 0 Å². The molecule has 0 unspecified atom stereocenters. The van der Waals surface area contributed by atoms with Gasteiger partial charge in [0.15, 0.2) is 5.65 Å². The quantitative estimate of drug-likeness (QED) is 0.703. The van der Waals surface area contributed by atoms with Gasteiger partial charge in [0.1, 0.15) is 5.75 Å². The largest absolute Gasteiger partial charge is 0.497 e. The van der Waals surface area contributed by atoms with Gasteiger partial charge in [-0.25, -0.2) is 22.2 Å². The number of pyridine rings is 1. The van der Waals surface area contributed by atoms with Crippen LogP contribution in [-0.4, -0.2) is 35.6 Å². The van der Waals surface area contributed by atoms with Crippen molar-refractivity contribution in [3.05, 3.63) is 60.4 Å². The molecule has 0 saturated carbocycles. The van der Waals surface area contributed by atoms with E-state index in [9.17, 15) is 13.2 Å². The Morgan fingerprint density at radius 1 is 1.24 bits per heavy atom. The number of rotatable bonds is 5. The number of hydrogen-bond donors (Lipinski definition) is 1. The minimum atomic E-state index is -3.80. The molecule has 0 fully saturated rings. The number of ether oxygens (including phenoxy) is 1. The molecule has 25 heavy (non-hydrogen) atoms. The second-order valence-corrected chi connectivity index (χ2v) is 6.96. The van der Waals surface area contributed by atoms with E-state index in [2.05, 4.69) is 4.98 Å². The number of benzene rings is 1. The second kappa shape index (κ2) is 6.40. The van der Waals surface area contributed by atoms with Gasteiger partial charge in [0.25, 0.3) is 10.0 Å². The molecule has 3 rings (SSSR count). The van der Waals surface area contributed by atoms with E-state index in [-0.39, 0.29) is 10.5 Å². The number of carbonyl (C=O) groups is 1. The lowest BCUT2D eigenvalue weighted by atomic mass is 10.2. The van der Waals surface area contributed by atoms with Gasteiger partial charge in [-0.3, -0.25) is 0 Å². The fourth-order valence-electron chi connectivity index (χ4n) is 2.33. The Kier molecular flexibility index (Phi) is 4.28. The Bertz CT molecular complexity index is 1070. The summed E-state index contributed by atoms with van der Waals surface area (Å²) in [6.07, 6.45) is 5.22. The van der Waals surface area contributed by atoms with E-state index in [1.54, 1.807) is 24.3 Å². The maximum Gasteiger partial charge on any atom is 0.328 e. The van der Waals surface area contributed by atoms with Crippen molar-refractivity contribution in [2.45, 2.75) is 4.90 Å². The van der Waals surface area contributed by atoms with Crippen molar-refractivity contribution in [1.29, 1.82) is 0 Å². The van der Waals surface area contributed by atoms with E-state index in [0.29, 0.717) is 16.7 Å². The number of carboxylic acids is 1. The van der Waals surface area contributed by atoms with Crippen molar-refractivity contribution in [3.63, 3.8) is 0 Å². The standard InChI is InChI=1S/C17H14N2O5S/c1-24-14-3-5-15(6-4-14)25(22,23)19-9-8-13-10-12(2-7-16(20)21)11-18-17(13)19/h2-11H,1H3,(H,20,21)/b7-2+. The summed E-state index contributed by atoms with van der Waals surface area (Å²) in [6.45, 7) is 0.